The third-order valence-corrected chi connectivity index (χ3v) is 5.77. The lowest BCUT2D eigenvalue weighted by atomic mass is 9.86. The van der Waals surface area contributed by atoms with E-state index in [1.54, 1.807) is 13.0 Å². The smallest absolute Gasteiger partial charge is 0.323 e. The first kappa shape index (κ1) is 22.5. The number of carboxylic acid groups (broad SMARTS) is 1. The number of amides is 1. The Kier molecular flexibility index (Phi) is 7.82. The second-order valence-corrected chi connectivity index (χ2v) is 7.89. The lowest BCUT2D eigenvalue weighted by Crippen LogP contribution is -2.40. The van der Waals surface area contributed by atoms with Crippen molar-refractivity contribution in [3.63, 3.8) is 0 Å². The standard InChI is InChI=1S/C25H29NO5/c1-2-31-25(30)21(13-12-18-8-4-3-5-9-18)16-20-15-14-19-10-6-7-11-22(19)26(24(20)29)17-23(27)28/h3-11,20-21H,2,12-17H2,1H3,(H,27,28). The van der Waals surface area contributed by atoms with Gasteiger partial charge in [-0.15, -0.1) is 0 Å². The molecule has 2 aromatic carbocycles. The summed E-state index contributed by atoms with van der Waals surface area (Å²) in [6, 6.07) is 17.3. The first-order valence-corrected chi connectivity index (χ1v) is 10.8. The minimum atomic E-state index is -1.06. The van der Waals surface area contributed by atoms with Crippen LogP contribution in [0.25, 0.3) is 0 Å². The number of benzene rings is 2. The quantitative estimate of drug-likeness (QED) is 0.619. The number of carboxylic acids is 1. The van der Waals surface area contributed by atoms with Gasteiger partial charge in [0.25, 0.3) is 0 Å². The number of esters is 1. The maximum Gasteiger partial charge on any atom is 0.323 e. The van der Waals surface area contributed by atoms with Crippen LogP contribution >= 0.6 is 0 Å². The molecule has 0 aromatic heterocycles. The number of nitrogens with zero attached hydrogens (tertiary/aromatic N) is 1. The van der Waals surface area contributed by atoms with Crippen LogP contribution in [0.2, 0.25) is 0 Å². The summed E-state index contributed by atoms with van der Waals surface area (Å²) < 4.78 is 5.30. The Labute approximate surface area is 182 Å². The third kappa shape index (κ3) is 5.94. The van der Waals surface area contributed by atoms with E-state index in [0.717, 1.165) is 11.1 Å². The number of rotatable bonds is 9. The van der Waals surface area contributed by atoms with Gasteiger partial charge in [0.15, 0.2) is 0 Å². The summed E-state index contributed by atoms with van der Waals surface area (Å²) in [5.41, 5.74) is 2.73. The zero-order chi connectivity index (χ0) is 22.2. The van der Waals surface area contributed by atoms with Gasteiger partial charge in [0.05, 0.1) is 12.5 Å². The number of carbonyl (C=O) groups excluding carboxylic acids is 2. The minimum Gasteiger partial charge on any atom is -0.480 e. The van der Waals surface area contributed by atoms with Crippen LogP contribution in [-0.2, 0) is 32.0 Å². The third-order valence-electron chi connectivity index (χ3n) is 5.77. The molecule has 2 aromatic rings. The predicted molar refractivity (Wildman–Crippen MR) is 118 cm³/mol. The van der Waals surface area contributed by atoms with Crippen molar-refractivity contribution in [3.05, 3.63) is 65.7 Å². The molecule has 1 heterocycles. The van der Waals surface area contributed by atoms with Crippen LogP contribution in [0.15, 0.2) is 54.6 Å². The van der Waals surface area contributed by atoms with Crippen molar-refractivity contribution in [1.29, 1.82) is 0 Å². The number of carbonyl (C=O) groups is 3. The van der Waals surface area contributed by atoms with Gasteiger partial charge in [-0.05, 0) is 56.2 Å². The van der Waals surface area contributed by atoms with E-state index in [1.807, 2.05) is 48.5 Å². The van der Waals surface area contributed by atoms with Crippen LogP contribution in [0.5, 0.6) is 0 Å². The van der Waals surface area contributed by atoms with Crippen molar-refractivity contribution >= 4 is 23.5 Å². The molecule has 3 rings (SSSR count). The Morgan fingerprint density at radius 1 is 1.13 bits per heavy atom. The largest absolute Gasteiger partial charge is 0.480 e. The average Bonchev–Trinajstić information content (AvgIpc) is 2.89. The van der Waals surface area contributed by atoms with E-state index in [4.69, 9.17) is 4.74 Å². The van der Waals surface area contributed by atoms with Crippen LogP contribution in [0.4, 0.5) is 5.69 Å². The van der Waals surface area contributed by atoms with Gasteiger partial charge in [-0.3, -0.25) is 14.4 Å². The van der Waals surface area contributed by atoms with Gasteiger partial charge < -0.3 is 14.7 Å². The normalized spacial score (nSPS) is 16.9. The van der Waals surface area contributed by atoms with Crippen molar-refractivity contribution < 1.29 is 24.2 Å². The van der Waals surface area contributed by atoms with Gasteiger partial charge >= 0.3 is 11.9 Å². The Hall–Kier alpha value is -3.15. The van der Waals surface area contributed by atoms with E-state index in [1.165, 1.54) is 4.90 Å². The second kappa shape index (κ2) is 10.8. The number of hydrogen-bond acceptors (Lipinski definition) is 4. The van der Waals surface area contributed by atoms with E-state index in [0.29, 0.717) is 37.8 Å². The maximum atomic E-state index is 13.3. The molecular weight excluding hydrogens is 394 g/mol. The molecule has 1 amide bonds. The van der Waals surface area contributed by atoms with E-state index >= 15 is 0 Å². The SMILES string of the molecule is CCOC(=O)C(CCc1ccccc1)CC1CCc2ccccc2N(CC(=O)O)C1=O. The van der Waals surface area contributed by atoms with Gasteiger partial charge in [0.2, 0.25) is 5.91 Å². The van der Waals surface area contributed by atoms with Gasteiger partial charge in [-0.2, -0.15) is 0 Å². The van der Waals surface area contributed by atoms with Gasteiger partial charge in [0, 0.05) is 11.6 Å². The molecule has 0 aliphatic carbocycles. The molecule has 0 radical (unpaired) electrons. The first-order valence-electron chi connectivity index (χ1n) is 10.8. The Morgan fingerprint density at radius 2 is 1.84 bits per heavy atom. The predicted octanol–water partition coefficient (Wildman–Crippen LogP) is 3.87. The molecule has 1 aliphatic heterocycles. The highest BCUT2D eigenvalue weighted by molar-refractivity contribution is 6.00. The zero-order valence-electron chi connectivity index (χ0n) is 17.8. The fourth-order valence-corrected chi connectivity index (χ4v) is 4.22. The molecule has 1 aliphatic rings. The summed E-state index contributed by atoms with van der Waals surface area (Å²) in [6.45, 7) is 1.67. The second-order valence-electron chi connectivity index (χ2n) is 7.89. The number of aliphatic carboxylic acids is 1. The molecule has 0 saturated heterocycles. The van der Waals surface area contributed by atoms with Crippen molar-refractivity contribution in [1.82, 2.24) is 0 Å². The average molecular weight is 424 g/mol. The van der Waals surface area contributed by atoms with Crippen LogP contribution in [-0.4, -0.2) is 36.1 Å². The Balaban J connectivity index is 1.79. The molecule has 0 bridgehead atoms. The van der Waals surface area contributed by atoms with E-state index in [9.17, 15) is 19.5 Å². The highest BCUT2D eigenvalue weighted by Crippen LogP contribution is 2.33. The molecule has 2 atom stereocenters. The molecule has 31 heavy (non-hydrogen) atoms. The fraction of sp³-hybridized carbons (Fsp3) is 0.400. The monoisotopic (exact) mass is 423 g/mol. The summed E-state index contributed by atoms with van der Waals surface area (Å²) in [5.74, 6) is -2.44. The number of aryl methyl sites for hydroxylation is 2. The van der Waals surface area contributed by atoms with E-state index in [-0.39, 0.29) is 25.0 Å². The van der Waals surface area contributed by atoms with E-state index in [2.05, 4.69) is 0 Å². The zero-order valence-corrected chi connectivity index (χ0v) is 17.8. The molecule has 1 N–H and O–H groups in total. The molecular formula is C25H29NO5. The Bertz CT molecular complexity index is 911. The number of fused-ring (bicyclic) bond motifs is 1. The Morgan fingerprint density at radius 3 is 2.55 bits per heavy atom. The topological polar surface area (TPSA) is 83.9 Å². The minimum absolute atomic E-state index is 0.235. The van der Waals surface area contributed by atoms with E-state index < -0.39 is 17.8 Å². The summed E-state index contributed by atoms with van der Waals surface area (Å²) in [7, 11) is 0. The first-order chi connectivity index (χ1) is 15.0. The lowest BCUT2D eigenvalue weighted by molar-refractivity contribution is -0.149. The van der Waals surface area contributed by atoms with Crippen molar-refractivity contribution in [2.75, 3.05) is 18.1 Å². The summed E-state index contributed by atoms with van der Waals surface area (Å²) in [4.78, 5) is 38.8. The van der Waals surface area contributed by atoms with Crippen LogP contribution in [0.1, 0.15) is 37.3 Å². The molecule has 2 unspecified atom stereocenters. The van der Waals surface area contributed by atoms with Crippen LogP contribution in [0.3, 0.4) is 0 Å². The summed E-state index contributed by atoms with van der Waals surface area (Å²) >= 11 is 0. The number of hydrogen-bond donors (Lipinski definition) is 1. The van der Waals surface area contributed by atoms with Crippen molar-refractivity contribution in [2.45, 2.75) is 39.0 Å². The summed E-state index contributed by atoms with van der Waals surface area (Å²) in [6.07, 6.45) is 2.89. The van der Waals surface area contributed by atoms with Crippen molar-refractivity contribution in [3.8, 4) is 0 Å². The molecule has 0 saturated carbocycles. The van der Waals surface area contributed by atoms with Gasteiger partial charge in [-0.25, -0.2) is 0 Å². The number of ether oxygens (including phenoxy) is 1. The van der Waals surface area contributed by atoms with Crippen molar-refractivity contribution in [2.24, 2.45) is 11.8 Å². The van der Waals surface area contributed by atoms with Gasteiger partial charge in [0.1, 0.15) is 6.54 Å². The van der Waals surface area contributed by atoms with Gasteiger partial charge in [-0.1, -0.05) is 48.5 Å². The van der Waals surface area contributed by atoms with Crippen LogP contribution < -0.4 is 4.90 Å². The molecule has 164 valence electrons. The fourth-order valence-electron chi connectivity index (χ4n) is 4.22. The molecule has 6 heteroatoms. The molecule has 6 nitrogen and oxygen atoms in total. The number of anilines is 1. The lowest BCUT2D eigenvalue weighted by Gasteiger charge is -2.26. The highest BCUT2D eigenvalue weighted by atomic mass is 16.5. The summed E-state index contributed by atoms with van der Waals surface area (Å²) in [5, 5.41) is 9.37. The number of para-hydroxylation sites is 1. The highest BCUT2D eigenvalue weighted by Gasteiger charge is 2.34. The molecule has 0 fully saturated rings. The maximum absolute atomic E-state index is 13.3. The molecule has 0 spiro atoms. The van der Waals surface area contributed by atoms with Crippen LogP contribution in [0, 0.1) is 11.8 Å².